The number of ether oxygens (including phenoxy) is 1. The Labute approximate surface area is 147 Å². The van der Waals surface area contributed by atoms with Crippen LogP contribution in [-0.4, -0.2) is 19.6 Å². The maximum Gasteiger partial charge on any atom is 0.227 e. The van der Waals surface area contributed by atoms with E-state index in [1.807, 2.05) is 39.0 Å². The zero-order valence-electron chi connectivity index (χ0n) is 13.6. The highest BCUT2D eigenvalue weighted by Gasteiger charge is 2.34. The number of carbonyl (C=O) groups is 1. The molecule has 1 rings (SSSR count). The van der Waals surface area contributed by atoms with Crippen LogP contribution in [0.4, 0.5) is 0 Å². The minimum Gasteiger partial charge on any atom is -0.496 e. The Morgan fingerprint density at radius 3 is 2.41 bits per heavy atom. The number of benzene rings is 1. The van der Waals surface area contributed by atoms with Crippen molar-refractivity contribution in [1.82, 2.24) is 5.32 Å². The minimum atomic E-state index is -0.474. The van der Waals surface area contributed by atoms with Gasteiger partial charge in [0.2, 0.25) is 5.91 Å². The molecule has 1 aromatic rings. The second kappa shape index (κ2) is 9.38. The van der Waals surface area contributed by atoms with Crippen LogP contribution in [0.1, 0.15) is 45.2 Å². The second-order valence-electron chi connectivity index (χ2n) is 5.28. The first-order valence-corrected chi connectivity index (χ1v) is 8.07. The van der Waals surface area contributed by atoms with E-state index in [0.29, 0.717) is 6.54 Å². The number of rotatable bonds is 7. The summed E-state index contributed by atoms with van der Waals surface area (Å²) in [5, 5.41) is 3.07. The topological polar surface area (TPSA) is 64.4 Å². The predicted molar refractivity (Wildman–Crippen MR) is 96.6 cm³/mol. The molecule has 0 aliphatic carbocycles. The summed E-state index contributed by atoms with van der Waals surface area (Å²) >= 11 is 3.46. The Bertz CT molecular complexity index is 485. The summed E-state index contributed by atoms with van der Waals surface area (Å²) in [6.07, 6.45) is 1.48. The molecule has 0 aliphatic heterocycles. The highest BCUT2D eigenvalue weighted by Crippen LogP contribution is 2.30. The summed E-state index contributed by atoms with van der Waals surface area (Å²) < 4.78 is 6.09. The van der Waals surface area contributed by atoms with E-state index in [-0.39, 0.29) is 24.4 Å². The van der Waals surface area contributed by atoms with Gasteiger partial charge in [0.1, 0.15) is 5.75 Å². The molecule has 0 saturated heterocycles. The van der Waals surface area contributed by atoms with Crippen LogP contribution in [-0.2, 0) is 4.79 Å². The van der Waals surface area contributed by atoms with Gasteiger partial charge in [0.15, 0.2) is 0 Å². The van der Waals surface area contributed by atoms with Crippen LogP contribution < -0.4 is 15.8 Å². The molecular formula is C16H26BrClN2O2. The van der Waals surface area contributed by atoms with Gasteiger partial charge in [0, 0.05) is 6.54 Å². The Balaban J connectivity index is 0.00000441. The number of hydrogen-bond donors (Lipinski definition) is 2. The van der Waals surface area contributed by atoms with E-state index in [4.69, 9.17) is 10.5 Å². The van der Waals surface area contributed by atoms with Crippen LogP contribution in [0, 0.1) is 5.41 Å². The van der Waals surface area contributed by atoms with Crippen LogP contribution in [0.3, 0.4) is 0 Å². The molecule has 4 nitrogen and oxygen atoms in total. The molecule has 0 bridgehead atoms. The fourth-order valence-corrected chi connectivity index (χ4v) is 2.90. The van der Waals surface area contributed by atoms with Gasteiger partial charge in [-0.15, -0.1) is 12.4 Å². The number of halogens is 2. The van der Waals surface area contributed by atoms with Crippen molar-refractivity contribution in [3.05, 3.63) is 28.2 Å². The van der Waals surface area contributed by atoms with Gasteiger partial charge in [0.25, 0.3) is 0 Å². The number of methoxy groups -OCH3 is 1. The number of nitrogens with one attached hydrogen (secondary N) is 1. The van der Waals surface area contributed by atoms with Crippen molar-refractivity contribution in [2.75, 3.05) is 13.7 Å². The van der Waals surface area contributed by atoms with Crippen molar-refractivity contribution >= 4 is 34.2 Å². The monoisotopic (exact) mass is 392 g/mol. The summed E-state index contributed by atoms with van der Waals surface area (Å²) in [7, 11) is 1.63. The SMILES string of the molecule is CCC(CC)(CN)C(=O)NC(C)c1ccc(OC)c(Br)c1.Cl. The van der Waals surface area contributed by atoms with E-state index in [1.54, 1.807) is 7.11 Å². The van der Waals surface area contributed by atoms with Gasteiger partial charge in [-0.2, -0.15) is 0 Å². The predicted octanol–water partition coefficient (Wildman–Crippen LogP) is 3.82. The third kappa shape index (κ3) is 4.61. The second-order valence-corrected chi connectivity index (χ2v) is 6.14. The standard InChI is InChI=1S/C16H25BrN2O2.ClH/c1-5-16(6-2,10-18)15(20)19-11(3)12-7-8-14(21-4)13(17)9-12;/h7-9,11H,5-6,10,18H2,1-4H3,(H,19,20);1H. The van der Waals surface area contributed by atoms with Gasteiger partial charge in [-0.05, 0) is 53.4 Å². The fraction of sp³-hybridized carbons (Fsp3) is 0.562. The van der Waals surface area contributed by atoms with E-state index in [0.717, 1.165) is 28.6 Å². The smallest absolute Gasteiger partial charge is 0.227 e. The van der Waals surface area contributed by atoms with Gasteiger partial charge in [-0.25, -0.2) is 0 Å². The van der Waals surface area contributed by atoms with E-state index in [2.05, 4.69) is 21.2 Å². The first kappa shape index (κ1) is 21.2. The third-order valence-electron chi connectivity index (χ3n) is 4.25. The molecule has 6 heteroatoms. The molecule has 1 atom stereocenters. The van der Waals surface area contributed by atoms with Crippen molar-refractivity contribution in [2.45, 2.75) is 39.7 Å². The zero-order valence-corrected chi connectivity index (χ0v) is 16.0. The van der Waals surface area contributed by atoms with Crippen molar-refractivity contribution < 1.29 is 9.53 Å². The van der Waals surface area contributed by atoms with E-state index < -0.39 is 5.41 Å². The Morgan fingerprint density at radius 1 is 1.41 bits per heavy atom. The first-order valence-electron chi connectivity index (χ1n) is 7.28. The highest BCUT2D eigenvalue weighted by atomic mass is 79.9. The van der Waals surface area contributed by atoms with E-state index in [9.17, 15) is 4.79 Å². The Kier molecular flexibility index (Phi) is 9.05. The van der Waals surface area contributed by atoms with Crippen LogP contribution in [0.5, 0.6) is 5.75 Å². The quantitative estimate of drug-likeness (QED) is 0.740. The van der Waals surface area contributed by atoms with Crippen molar-refractivity contribution in [3.8, 4) is 5.75 Å². The van der Waals surface area contributed by atoms with Crippen LogP contribution >= 0.6 is 28.3 Å². The molecule has 0 aliphatic rings. The molecule has 0 fully saturated rings. The van der Waals surface area contributed by atoms with Crippen molar-refractivity contribution in [1.29, 1.82) is 0 Å². The summed E-state index contributed by atoms with van der Waals surface area (Å²) in [6.45, 7) is 6.35. The summed E-state index contributed by atoms with van der Waals surface area (Å²) in [4.78, 5) is 12.5. The van der Waals surface area contributed by atoms with Gasteiger partial charge < -0.3 is 15.8 Å². The molecule has 0 aromatic heterocycles. The summed E-state index contributed by atoms with van der Waals surface area (Å²) in [5.74, 6) is 0.796. The molecule has 0 saturated carbocycles. The first-order chi connectivity index (χ1) is 9.93. The van der Waals surface area contributed by atoms with Gasteiger partial charge in [-0.1, -0.05) is 19.9 Å². The van der Waals surface area contributed by atoms with Gasteiger partial charge in [0.05, 0.1) is 23.0 Å². The lowest BCUT2D eigenvalue weighted by atomic mass is 9.81. The lowest BCUT2D eigenvalue weighted by Crippen LogP contribution is -2.46. The Morgan fingerprint density at radius 2 is 2.00 bits per heavy atom. The van der Waals surface area contributed by atoms with Crippen LogP contribution in [0.25, 0.3) is 0 Å². The largest absolute Gasteiger partial charge is 0.496 e. The zero-order chi connectivity index (χ0) is 16.0. The maximum atomic E-state index is 12.5. The maximum absolute atomic E-state index is 12.5. The number of nitrogens with two attached hydrogens (primary N) is 1. The number of hydrogen-bond acceptors (Lipinski definition) is 3. The van der Waals surface area contributed by atoms with Crippen LogP contribution in [0.2, 0.25) is 0 Å². The number of amides is 1. The molecule has 0 radical (unpaired) electrons. The number of carbonyl (C=O) groups excluding carboxylic acids is 1. The van der Waals surface area contributed by atoms with Crippen molar-refractivity contribution in [2.24, 2.45) is 11.1 Å². The van der Waals surface area contributed by atoms with E-state index >= 15 is 0 Å². The minimum absolute atomic E-state index is 0. The highest BCUT2D eigenvalue weighted by molar-refractivity contribution is 9.10. The average Bonchev–Trinajstić information content (AvgIpc) is 2.49. The molecule has 1 aromatic carbocycles. The third-order valence-corrected chi connectivity index (χ3v) is 4.87. The molecule has 0 heterocycles. The molecular weight excluding hydrogens is 368 g/mol. The summed E-state index contributed by atoms with van der Waals surface area (Å²) in [6, 6.07) is 5.73. The van der Waals surface area contributed by atoms with E-state index in [1.165, 1.54) is 0 Å². The normalized spacial score (nSPS) is 12.3. The Hall–Kier alpha value is -0.780. The summed E-state index contributed by atoms with van der Waals surface area (Å²) in [5.41, 5.74) is 6.37. The van der Waals surface area contributed by atoms with Gasteiger partial charge >= 0.3 is 0 Å². The lowest BCUT2D eigenvalue weighted by molar-refractivity contribution is -0.131. The van der Waals surface area contributed by atoms with Gasteiger partial charge in [-0.3, -0.25) is 4.79 Å². The van der Waals surface area contributed by atoms with Crippen LogP contribution in [0.15, 0.2) is 22.7 Å². The average molecular weight is 394 g/mol. The van der Waals surface area contributed by atoms with Crippen molar-refractivity contribution in [3.63, 3.8) is 0 Å². The molecule has 126 valence electrons. The molecule has 22 heavy (non-hydrogen) atoms. The molecule has 1 amide bonds. The fourth-order valence-electron chi connectivity index (χ4n) is 2.34. The molecule has 1 unspecified atom stereocenters. The molecule has 3 N–H and O–H groups in total. The lowest BCUT2D eigenvalue weighted by Gasteiger charge is -2.30. The molecule has 0 spiro atoms.